The van der Waals surface area contributed by atoms with Gasteiger partial charge in [0, 0.05) is 19.8 Å². The molecule has 3 nitrogen and oxygen atoms in total. The summed E-state index contributed by atoms with van der Waals surface area (Å²) in [5, 5.41) is 9.09. The number of anilines is 1. The van der Waals surface area contributed by atoms with Crippen molar-refractivity contribution < 1.29 is 5.21 Å². The molecule has 2 N–H and O–H groups in total. The summed E-state index contributed by atoms with van der Waals surface area (Å²) >= 11 is 0. The molecule has 0 aliphatic heterocycles. The van der Waals surface area contributed by atoms with Crippen LogP contribution in [0.15, 0.2) is 65.9 Å². The van der Waals surface area contributed by atoms with Crippen molar-refractivity contribution in [2.24, 2.45) is 5.92 Å². The first-order valence-electron chi connectivity index (χ1n) is 9.17. The molecule has 1 aromatic rings. The van der Waals surface area contributed by atoms with Gasteiger partial charge in [0.1, 0.15) is 0 Å². The first kappa shape index (κ1) is 23.7. The molecule has 0 spiro atoms. The summed E-state index contributed by atoms with van der Waals surface area (Å²) in [6.45, 7) is 16.3. The van der Waals surface area contributed by atoms with Crippen LogP contribution in [0.4, 0.5) is 5.69 Å². The van der Waals surface area contributed by atoms with Crippen LogP contribution in [0.25, 0.3) is 5.57 Å². The Kier molecular flexibility index (Phi) is 11.1. The van der Waals surface area contributed by atoms with Gasteiger partial charge in [0.15, 0.2) is 0 Å². The Hall–Kier alpha value is -2.26. The molecule has 26 heavy (non-hydrogen) atoms. The number of hydrogen-bond acceptors (Lipinski definition) is 3. The van der Waals surface area contributed by atoms with E-state index >= 15 is 0 Å². The van der Waals surface area contributed by atoms with Crippen LogP contribution in [0.1, 0.15) is 47.1 Å². The van der Waals surface area contributed by atoms with Crippen LogP contribution in [0.3, 0.4) is 0 Å². The van der Waals surface area contributed by atoms with Gasteiger partial charge in [-0.1, -0.05) is 62.8 Å². The molecule has 0 bridgehead atoms. The average molecular weight is 357 g/mol. The molecule has 0 heterocycles. The van der Waals surface area contributed by atoms with Crippen molar-refractivity contribution in [2.75, 3.05) is 19.0 Å². The molecule has 144 valence electrons. The third kappa shape index (κ3) is 7.75. The zero-order chi connectivity index (χ0) is 20.3. The van der Waals surface area contributed by atoms with Gasteiger partial charge >= 0.3 is 0 Å². The van der Waals surface area contributed by atoms with Gasteiger partial charge in [-0.05, 0) is 56.0 Å². The fraction of sp³-hybridized carbons (Fsp3) is 0.391. The molecule has 0 amide bonds. The molecular weight excluding hydrogens is 320 g/mol. The minimum atomic E-state index is 0.233. The summed E-state index contributed by atoms with van der Waals surface area (Å²) < 4.78 is 0. The predicted molar refractivity (Wildman–Crippen MR) is 117 cm³/mol. The molecule has 0 radical (unpaired) electrons. The first-order chi connectivity index (χ1) is 12.3. The summed E-state index contributed by atoms with van der Waals surface area (Å²) in [5.74, 6) is 0.233. The molecule has 1 atom stereocenters. The number of rotatable bonds is 7. The highest BCUT2D eigenvalue weighted by molar-refractivity contribution is 5.68. The van der Waals surface area contributed by atoms with Crippen molar-refractivity contribution in [1.29, 1.82) is 0 Å². The van der Waals surface area contributed by atoms with E-state index in [4.69, 9.17) is 5.21 Å². The zero-order valence-corrected chi connectivity index (χ0v) is 17.7. The lowest BCUT2D eigenvalue weighted by Gasteiger charge is -2.15. The number of hydrogen-bond donors (Lipinski definition) is 2. The van der Waals surface area contributed by atoms with Gasteiger partial charge in [0.25, 0.3) is 0 Å². The Morgan fingerprint density at radius 1 is 1.08 bits per heavy atom. The monoisotopic (exact) mass is 356 g/mol. The molecule has 1 rings (SSSR count). The van der Waals surface area contributed by atoms with E-state index < -0.39 is 0 Å². The lowest BCUT2D eigenvalue weighted by Crippen LogP contribution is -2.08. The van der Waals surface area contributed by atoms with Crippen molar-refractivity contribution in [1.82, 2.24) is 5.48 Å². The van der Waals surface area contributed by atoms with E-state index in [-0.39, 0.29) is 5.92 Å². The van der Waals surface area contributed by atoms with Crippen molar-refractivity contribution >= 4 is 11.3 Å². The van der Waals surface area contributed by atoms with Crippen LogP contribution >= 0.6 is 0 Å². The number of benzene rings is 1. The zero-order valence-electron chi connectivity index (χ0n) is 17.7. The maximum absolute atomic E-state index is 9.09. The molecule has 1 aromatic carbocycles. The summed E-state index contributed by atoms with van der Waals surface area (Å²) in [5.41, 5.74) is 8.52. The summed E-state index contributed by atoms with van der Waals surface area (Å²) in [6, 6.07) is 8.45. The quantitative estimate of drug-likeness (QED) is 0.451. The van der Waals surface area contributed by atoms with Gasteiger partial charge in [0.05, 0.1) is 5.70 Å². The maximum atomic E-state index is 9.09. The Morgan fingerprint density at radius 2 is 1.62 bits per heavy atom. The first-order valence-corrected chi connectivity index (χ1v) is 9.17. The second kappa shape index (κ2) is 12.2. The number of allylic oxidation sites excluding steroid dienone is 6. The summed E-state index contributed by atoms with van der Waals surface area (Å²) in [6.07, 6.45) is 6.05. The van der Waals surface area contributed by atoms with Gasteiger partial charge in [-0.15, -0.1) is 0 Å². The third-order valence-electron chi connectivity index (χ3n) is 3.99. The van der Waals surface area contributed by atoms with Crippen LogP contribution in [-0.4, -0.2) is 19.3 Å². The molecule has 0 aliphatic rings. The number of nitrogens with one attached hydrogen (secondary N) is 1. The minimum absolute atomic E-state index is 0.233. The van der Waals surface area contributed by atoms with Crippen LogP contribution in [0.2, 0.25) is 0 Å². The minimum Gasteiger partial charge on any atom is -0.378 e. The van der Waals surface area contributed by atoms with E-state index in [1.807, 2.05) is 53.9 Å². The normalized spacial score (nSPS) is 12.1. The molecule has 0 saturated carbocycles. The van der Waals surface area contributed by atoms with Crippen LogP contribution in [0.5, 0.6) is 0 Å². The second-order valence-corrected chi connectivity index (χ2v) is 6.52. The Morgan fingerprint density at radius 3 is 2.04 bits per heavy atom. The molecule has 3 heteroatoms. The van der Waals surface area contributed by atoms with E-state index in [0.29, 0.717) is 5.70 Å². The van der Waals surface area contributed by atoms with Crippen molar-refractivity contribution in [3.63, 3.8) is 0 Å². The Bertz CT molecular complexity index is 645. The second-order valence-electron chi connectivity index (χ2n) is 6.52. The van der Waals surface area contributed by atoms with Crippen LogP contribution in [-0.2, 0) is 0 Å². The van der Waals surface area contributed by atoms with Gasteiger partial charge in [-0.2, -0.15) is 0 Å². The lowest BCUT2D eigenvalue weighted by molar-refractivity contribution is 0.203. The highest BCUT2D eigenvalue weighted by Gasteiger charge is 2.07. The smallest absolute Gasteiger partial charge is 0.0588 e. The predicted octanol–water partition coefficient (Wildman–Crippen LogP) is 6.20. The highest BCUT2D eigenvalue weighted by Crippen LogP contribution is 2.25. The molecule has 0 unspecified atom stereocenters. The number of nitrogens with zero attached hydrogens (tertiary/aromatic N) is 1. The van der Waals surface area contributed by atoms with E-state index in [1.165, 1.54) is 5.69 Å². The lowest BCUT2D eigenvalue weighted by atomic mass is 9.93. The molecule has 0 aliphatic carbocycles. The van der Waals surface area contributed by atoms with E-state index in [1.54, 1.807) is 0 Å². The maximum Gasteiger partial charge on any atom is 0.0588 e. The van der Waals surface area contributed by atoms with Gasteiger partial charge in [-0.25, -0.2) is 0 Å². The fourth-order valence-electron chi connectivity index (χ4n) is 2.32. The topological polar surface area (TPSA) is 35.5 Å². The van der Waals surface area contributed by atoms with Crippen molar-refractivity contribution in [3.05, 3.63) is 71.5 Å². The van der Waals surface area contributed by atoms with Crippen LogP contribution < -0.4 is 10.4 Å². The average Bonchev–Trinajstić information content (AvgIpc) is 2.63. The highest BCUT2D eigenvalue weighted by atomic mass is 16.5. The SMILES string of the molecule is C=C(c1ccc(N(C)C)cc1)[C@H](C)/C=C(C)/C=C/C(NO)=C(C)C.CC. The van der Waals surface area contributed by atoms with Crippen molar-refractivity contribution in [3.8, 4) is 0 Å². The summed E-state index contributed by atoms with van der Waals surface area (Å²) in [4.78, 5) is 2.08. The Balaban J connectivity index is 0.00000301. The van der Waals surface area contributed by atoms with E-state index in [0.717, 1.165) is 22.3 Å². The van der Waals surface area contributed by atoms with Gasteiger partial charge < -0.3 is 4.90 Å². The largest absolute Gasteiger partial charge is 0.378 e. The molecule has 0 fully saturated rings. The molecule has 0 saturated heterocycles. The van der Waals surface area contributed by atoms with Crippen LogP contribution in [0, 0.1) is 5.92 Å². The summed E-state index contributed by atoms with van der Waals surface area (Å²) in [7, 11) is 4.07. The number of hydroxylamine groups is 1. The Labute approximate surface area is 160 Å². The van der Waals surface area contributed by atoms with Gasteiger partial charge in [0.2, 0.25) is 0 Å². The van der Waals surface area contributed by atoms with E-state index in [9.17, 15) is 0 Å². The third-order valence-corrected chi connectivity index (χ3v) is 3.99. The molecule has 0 aromatic heterocycles. The molecular formula is C23H36N2O. The van der Waals surface area contributed by atoms with Gasteiger partial charge in [-0.3, -0.25) is 10.7 Å². The van der Waals surface area contributed by atoms with Crippen molar-refractivity contribution in [2.45, 2.75) is 41.5 Å². The fourth-order valence-corrected chi connectivity index (χ4v) is 2.32. The standard InChI is InChI=1S/C21H30N2O.C2H6/c1-15(2)21(22-24)13-8-16(3)14-17(4)18(5)19-9-11-20(12-10-19)23(6)7;1-2/h8-14,17,22,24H,5H2,1-4,6-7H3;1-2H3/b13-8+,16-14+;/t17-;/m1./s1. The van der Waals surface area contributed by atoms with E-state index in [2.05, 4.69) is 61.1 Å².